The number of carbonyl (C=O) groups excluding carboxylic acids is 1. The highest BCUT2D eigenvalue weighted by Crippen LogP contribution is 2.20. The van der Waals surface area contributed by atoms with Crippen molar-refractivity contribution in [2.24, 2.45) is 0 Å². The summed E-state index contributed by atoms with van der Waals surface area (Å²) < 4.78 is 5.43. The Labute approximate surface area is 233 Å². The second-order valence-electron chi connectivity index (χ2n) is 9.59. The first kappa shape index (κ1) is 28.3. The van der Waals surface area contributed by atoms with Crippen LogP contribution in [0, 0.1) is 0 Å². The third kappa shape index (κ3) is 8.96. The fourth-order valence-electron chi connectivity index (χ4n) is 4.55. The molecule has 40 heavy (non-hydrogen) atoms. The molecule has 8 nitrogen and oxygen atoms in total. The molecule has 0 unspecified atom stereocenters. The van der Waals surface area contributed by atoms with E-state index in [-0.39, 0.29) is 13.0 Å². The Morgan fingerprint density at radius 2 is 1.30 bits per heavy atom. The number of hydrogen-bond donors (Lipinski definition) is 4. The maximum Gasteiger partial charge on any atom is 0.407 e. The summed E-state index contributed by atoms with van der Waals surface area (Å²) in [6, 6.07) is 29.2. The monoisotopic (exact) mass is 539 g/mol. The third-order valence-electron chi connectivity index (χ3n) is 6.58. The molecule has 1 heterocycles. The number of carboxylic acid groups (broad SMARTS) is 1. The minimum Gasteiger partial charge on any atom is -0.465 e. The molecule has 0 bridgehead atoms. The average molecular weight is 540 g/mol. The lowest BCUT2D eigenvalue weighted by molar-refractivity contribution is 0.0955. The molecule has 4 rings (SSSR count). The fraction of sp³-hybridized carbons (Fsp3) is 0.219. The zero-order valence-electron chi connectivity index (χ0n) is 22.0. The summed E-state index contributed by atoms with van der Waals surface area (Å²) in [5, 5.41) is 25.9. The van der Waals surface area contributed by atoms with Crippen molar-refractivity contribution in [1.29, 1.82) is 0 Å². The second kappa shape index (κ2) is 14.5. The highest BCUT2D eigenvalue weighted by atomic mass is 16.5. The van der Waals surface area contributed by atoms with Crippen molar-refractivity contribution in [2.45, 2.75) is 44.1 Å². The molecule has 3 aromatic carbocycles. The number of ether oxygens (including phenoxy) is 1. The molecule has 4 N–H and O–H groups in total. The van der Waals surface area contributed by atoms with Crippen LogP contribution in [0.5, 0.6) is 0 Å². The molecule has 206 valence electrons. The van der Waals surface area contributed by atoms with Crippen molar-refractivity contribution >= 4 is 12.2 Å². The van der Waals surface area contributed by atoms with Crippen LogP contribution in [0.3, 0.4) is 0 Å². The van der Waals surface area contributed by atoms with E-state index in [0.717, 1.165) is 27.8 Å². The van der Waals surface area contributed by atoms with Gasteiger partial charge in [0.25, 0.3) is 0 Å². The molecule has 0 fully saturated rings. The van der Waals surface area contributed by atoms with Crippen molar-refractivity contribution in [3.63, 3.8) is 0 Å². The first-order valence-electron chi connectivity index (χ1n) is 13.1. The Morgan fingerprint density at radius 3 is 1.93 bits per heavy atom. The highest BCUT2D eigenvalue weighted by molar-refractivity contribution is 5.68. The first-order valence-corrected chi connectivity index (χ1v) is 13.1. The Hall–Kier alpha value is -4.69. The lowest BCUT2D eigenvalue weighted by atomic mass is 9.93. The normalized spacial score (nSPS) is 13.0. The molecule has 8 heteroatoms. The van der Waals surface area contributed by atoms with E-state index < -0.39 is 30.4 Å². The van der Waals surface area contributed by atoms with Crippen molar-refractivity contribution in [1.82, 2.24) is 15.6 Å². The molecule has 4 aromatic rings. The van der Waals surface area contributed by atoms with E-state index in [0.29, 0.717) is 12.8 Å². The zero-order valence-corrected chi connectivity index (χ0v) is 22.0. The quantitative estimate of drug-likeness (QED) is 0.196. The first-order chi connectivity index (χ1) is 19.5. The number of pyridine rings is 1. The molecule has 0 saturated carbocycles. The Balaban J connectivity index is 1.47. The van der Waals surface area contributed by atoms with Crippen LogP contribution in [0.2, 0.25) is 0 Å². The van der Waals surface area contributed by atoms with E-state index >= 15 is 0 Å². The minimum absolute atomic E-state index is 0.111. The van der Waals surface area contributed by atoms with Crippen LogP contribution in [0.15, 0.2) is 109 Å². The van der Waals surface area contributed by atoms with E-state index in [2.05, 4.69) is 15.6 Å². The third-order valence-corrected chi connectivity index (χ3v) is 6.58. The number of alkyl carbamates (subject to hydrolysis) is 1. The number of aliphatic hydroxyl groups excluding tert-OH is 1. The Morgan fingerprint density at radius 1 is 0.725 bits per heavy atom. The maximum absolute atomic E-state index is 12.7. The molecule has 0 spiro atoms. The van der Waals surface area contributed by atoms with Crippen LogP contribution in [0.4, 0.5) is 9.59 Å². The zero-order chi connectivity index (χ0) is 28.2. The topological polar surface area (TPSA) is 121 Å². The fourth-order valence-corrected chi connectivity index (χ4v) is 4.55. The van der Waals surface area contributed by atoms with E-state index in [1.807, 2.05) is 97.1 Å². The number of benzene rings is 3. The summed E-state index contributed by atoms with van der Waals surface area (Å²) >= 11 is 0. The molecule has 3 atom stereocenters. The number of aliphatic hydroxyl groups is 1. The van der Waals surface area contributed by atoms with Gasteiger partial charge in [0, 0.05) is 18.4 Å². The van der Waals surface area contributed by atoms with Crippen molar-refractivity contribution in [3.05, 3.63) is 126 Å². The van der Waals surface area contributed by atoms with Crippen LogP contribution in [-0.4, -0.2) is 45.6 Å². The molecule has 0 aliphatic rings. The van der Waals surface area contributed by atoms with Gasteiger partial charge in [0.05, 0.1) is 12.1 Å². The molecule has 0 saturated heterocycles. The summed E-state index contributed by atoms with van der Waals surface area (Å²) in [6.07, 6.45) is 1.42. The van der Waals surface area contributed by atoms with Crippen molar-refractivity contribution in [3.8, 4) is 11.1 Å². The van der Waals surface area contributed by atoms with Gasteiger partial charge in [-0.25, -0.2) is 9.59 Å². The second-order valence-corrected chi connectivity index (χ2v) is 9.59. The molecule has 1 aromatic heterocycles. The Bertz CT molecular complexity index is 1340. The number of carbonyl (C=O) groups is 2. The summed E-state index contributed by atoms with van der Waals surface area (Å²) in [5.74, 6) is 0. The standard InChI is InChI=1S/C32H33N3O5/c36-30(29(35-31(37)38)20-23-7-3-1-4-8-23)21-28(34-32(39)40-22-25-9-5-2-6-10-25)19-24-11-13-26(14-12-24)27-15-17-33-18-16-27/h1-18,28-30,35-36H,19-22H2,(H,34,39)(H,37,38)/t28-,29-,30-/m0/s1. The summed E-state index contributed by atoms with van der Waals surface area (Å²) in [6.45, 7) is 0.111. The molecular weight excluding hydrogens is 506 g/mol. The lowest BCUT2D eigenvalue weighted by Crippen LogP contribution is -2.48. The van der Waals surface area contributed by atoms with Crippen molar-refractivity contribution < 1.29 is 24.5 Å². The molecule has 0 aliphatic carbocycles. The molecule has 0 radical (unpaired) electrons. The van der Waals surface area contributed by atoms with Gasteiger partial charge < -0.3 is 25.6 Å². The van der Waals surface area contributed by atoms with Crippen LogP contribution in [-0.2, 0) is 24.2 Å². The van der Waals surface area contributed by atoms with Crippen LogP contribution >= 0.6 is 0 Å². The van der Waals surface area contributed by atoms with E-state index in [1.54, 1.807) is 12.4 Å². The van der Waals surface area contributed by atoms with Gasteiger partial charge in [-0.15, -0.1) is 0 Å². The van der Waals surface area contributed by atoms with Crippen molar-refractivity contribution in [2.75, 3.05) is 0 Å². The maximum atomic E-state index is 12.7. The number of nitrogens with zero attached hydrogens (tertiary/aromatic N) is 1. The minimum atomic E-state index is -1.22. The number of nitrogens with one attached hydrogen (secondary N) is 2. The molecule has 0 aliphatic heterocycles. The summed E-state index contributed by atoms with van der Waals surface area (Å²) in [4.78, 5) is 28.3. The Kier molecular flexibility index (Phi) is 10.2. The van der Waals surface area contributed by atoms with Gasteiger partial charge in [-0.05, 0) is 59.2 Å². The number of amides is 2. The number of hydrogen-bond acceptors (Lipinski definition) is 5. The van der Waals surface area contributed by atoms with Gasteiger partial charge in [-0.3, -0.25) is 4.98 Å². The largest absolute Gasteiger partial charge is 0.465 e. The molecule has 2 amide bonds. The summed E-state index contributed by atoms with van der Waals surface area (Å²) in [7, 11) is 0. The smallest absolute Gasteiger partial charge is 0.407 e. The van der Waals surface area contributed by atoms with E-state index in [4.69, 9.17) is 4.74 Å². The SMILES string of the molecule is O=C(O)N[C@@H](Cc1ccccc1)[C@@H](O)C[C@H](Cc1ccc(-c2ccncc2)cc1)NC(=O)OCc1ccccc1. The van der Waals surface area contributed by atoms with Gasteiger partial charge in [0.1, 0.15) is 6.61 Å². The number of rotatable bonds is 12. The summed E-state index contributed by atoms with van der Waals surface area (Å²) in [5.41, 5.74) is 4.77. The van der Waals surface area contributed by atoms with E-state index in [1.165, 1.54) is 0 Å². The van der Waals surface area contributed by atoms with Crippen LogP contribution in [0.25, 0.3) is 11.1 Å². The predicted octanol–water partition coefficient (Wildman–Crippen LogP) is 5.22. The van der Waals surface area contributed by atoms with Gasteiger partial charge in [0.2, 0.25) is 0 Å². The highest BCUT2D eigenvalue weighted by Gasteiger charge is 2.26. The lowest BCUT2D eigenvalue weighted by Gasteiger charge is -2.27. The number of aromatic nitrogens is 1. The van der Waals surface area contributed by atoms with Gasteiger partial charge in [0.15, 0.2) is 0 Å². The predicted molar refractivity (Wildman–Crippen MR) is 153 cm³/mol. The van der Waals surface area contributed by atoms with Crippen LogP contribution < -0.4 is 10.6 Å². The van der Waals surface area contributed by atoms with Gasteiger partial charge in [-0.1, -0.05) is 84.9 Å². The van der Waals surface area contributed by atoms with Crippen LogP contribution in [0.1, 0.15) is 23.1 Å². The van der Waals surface area contributed by atoms with Gasteiger partial charge >= 0.3 is 12.2 Å². The van der Waals surface area contributed by atoms with E-state index in [9.17, 15) is 19.8 Å². The van der Waals surface area contributed by atoms with Gasteiger partial charge in [-0.2, -0.15) is 0 Å². The molecular formula is C32H33N3O5. The average Bonchev–Trinajstić information content (AvgIpc) is 2.97.